The molecule has 1 aliphatic carbocycles. The first-order valence-electron chi connectivity index (χ1n) is 5.94. The molecular weight excluding hydrogens is 257 g/mol. The number of rotatable bonds is 1. The van der Waals surface area contributed by atoms with Crippen molar-refractivity contribution in [3.63, 3.8) is 0 Å². The number of alkyl halides is 3. The quantitative estimate of drug-likeness (QED) is 0.844. The number of benzene rings is 2. The van der Waals surface area contributed by atoms with E-state index in [2.05, 4.69) is 4.74 Å². The Hall–Kier alpha value is -1.75. The first-order chi connectivity index (χ1) is 8.96. The van der Waals surface area contributed by atoms with Crippen LogP contribution in [0.15, 0.2) is 30.3 Å². The molecule has 2 nitrogen and oxygen atoms in total. The Morgan fingerprint density at radius 1 is 1.21 bits per heavy atom. The minimum absolute atomic E-state index is 0.0707. The van der Waals surface area contributed by atoms with Crippen LogP contribution >= 0.6 is 0 Å². The Kier molecular flexibility index (Phi) is 2.67. The predicted octanol–water partition coefficient (Wildman–Crippen LogP) is 4.07. The first kappa shape index (κ1) is 12.3. The van der Waals surface area contributed by atoms with Gasteiger partial charge in [0.25, 0.3) is 0 Å². The van der Waals surface area contributed by atoms with Crippen LogP contribution < -0.4 is 0 Å². The average molecular weight is 268 g/mol. The first-order valence-corrected chi connectivity index (χ1v) is 5.94. The van der Waals surface area contributed by atoms with Gasteiger partial charge in [-0.1, -0.05) is 24.3 Å². The Bertz CT molecular complexity index is 634. The summed E-state index contributed by atoms with van der Waals surface area (Å²) in [4.78, 5) is 0. The van der Waals surface area contributed by atoms with E-state index in [1.54, 1.807) is 30.3 Å². The molecule has 0 saturated carbocycles. The summed E-state index contributed by atoms with van der Waals surface area (Å²) in [7, 11) is 0. The molecule has 0 aliphatic heterocycles. The van der Waals surface area contributed by atoms with Gasteiger partial charge in [0, 0.05) is 10.9 Å². The third-order valence-electron chi connectivity index (χ3n) is 3.44. The summed E-state index contributed by atoms with van der Waals surface area (Å²) in [6.45, 7) is 0. The lowest BCUT2D eigenvalue weighted by Crippen LogP contribution is -2.16. The fraction of sp³-hybridized carbons (Fsp3) is 0.286. The van der Waals surface area contributed by atoms with E-state index in [1.807, 2.05) is 0 Å². The molecule has 1 N–H and O–H groups in total. The largest absolute Gasteiger partial charge is 0.523 e. The fourth-order valence-electron chi connectivity index (χ4n) is 2.66. The Morgan fingerprint density at radius 2 is 1.95 bits per heavy atom. The van der Waals surface area contributed by atoms with Gasteiger partial charge in [0.1, 0.15) is 5.75 Å². The number of hydrogen-bond acceptors (Lipinski definition) is 2. The van der Waals surface area contributed by atoms with Crippen molar-refractivity contribution in [1.82, 2.24) is 0 Å². The van der Waals surface area contributed by atoms with Crippen molar-refractivity contribution in [3.8, 4) is 5.75 Å². The summed E-state index contributed by atoms with van der Waals surface area (Å²) in [6.07, 6.45) is -5.05. The summed E-state index contributed by atoms with van der Waals surface area (Å²) >= 11 is 0. The van der Waals surface area contributed by atoms with E-state index < -0.39 is 12.5 Å². The third-order valence-corrected chi connectivity index (χ3v) is 3.44. The minimum atomic E-state index is -4.66. The molecule has 0 radical (unpaired) electrons. The second kappa shape index (κ2) is 4.13. The average Bonchev–Trinajstić information content (AvgIpc) is 2.71. The van der Waals surface area contributed by atoms with Crippen LogP contribution in [0.2, 0.25) is 0 Å². The Labute approximate surface area is 107 Å². The monoisotopic (exact) mass is 268 g/mol. The molecule has 1 unspecified atom stereocenters. The normalized spacial score (nSPS) is 18.8. The smallest absolute Gasteiger partial charge is 0.507 e. The van der Waals surface area contributed by atoms with Crippen LogP contribution in [0.1, 0.15) is 23.7 Å². The van der Waals surface area contributed by atoms with Gasteiger partial charge in [-0.25, -0.2) is 0 Å². The third kappa shape index (κ3) is 2.14. The van der Waals surface area contributed by atoms with E-state index in [9.17, 15) is 18.3 Å². The number of fused-ring (bicyclic) bond motifs is 2. The van der Waals surface area contributed by atoms with E-state index in [-0.39, 0.29) is 12.2 Å². The maximum absolute atomic E-state index is 12.3. The predicted molar refractivity (Wildman–Crippen MR) is 63.8 cm³/mol. The summed E-state index contributed by atoms with van der Waals surface area (Å²) < 4.78 is 41.1. The van der Waals surface area contributed by atoms with Crippen molar-refractivity contribution in [1.29, 1.82) is 0 Å². The second-order valence-electron chi connectivity index (χ2n) is 4.60. The maximum atomic E-state index is 12.3. The van der Waals surface area contributed by atoms with Crippen LogP contribution in [-0.4, -0.2) is 11.5 Å². The van der Waals surface area contributed by atoms with Gasteiger partial charge in [-0.3, -0.25) is 4.74 Å². The highest BCUT2D eigenvalue weighted by Crippen LogP contribution is 2.44. The van der Waals surface area contributed by atoms with Crippen LogP contribution in [0.3, 0.4) is 0 Å². The molecular formula is C14H11F3O2. The highest BCUT2D eigenvalue weighted by Gasteiger charge is 2.38. The number of ether oxygens (including phenoxy) is 1. The van der Waals surface area contributed by atoms with Crippen molar-refractivity contribution in [2.45, 2.75) is 25.3 Å². The van der Waals surface area contributed by atoms with Gasteiger partial charge in [-0.2, -0.15) is 0 Å². The minimum Gasteiger partial charge on any atom is -0.507 e. The van der Waals surface area contributed by atoms with Crippen LogP contribution in [-0.2, 0) is 11.2 Å². The zero-order valence-corrected chi connectivity index (χ0v) is 9.87. The summed E-state index contributed by atoms with van der Waals surface area (Å²) in [5.41, 5.74) is 1.00. The fourth-order valence-corrected chi connectivity index (χ4v) is 2.66. The van der Waals surface area contributed by atoms with Gasteiger partial charge in [0.05, 0.1) is 6.10 Å². The zero-order chi connectivity index (χ0) is 13.6. The number of hydrogen-bond donors (Lipinski definition) is 1. The van der Waals surface area contributed by atoms with Crippen LogP contribution in [0, 0.1) is 0 Å². The standard InChI is InChI=1S/C14H11F3O2/c15-14(16,17)19-12-6-5-10-11(12)7-8-3-1-2-4-9(8)13(10)18/h1-4,7,12,18H,5-6H2. The molecule has 0 bridgehead atoms. The Morgan fingerprint density at radius 3 is 2.68 bits per heavy atom. The van der Waals surface area contributed by atoms with Gasteiger partial charge < -0.3 is 5.11 Å². The molecule has 0 heterocycles. The second-order valence-corrected chi connectivity index (χ2v) is 4.60. The molecule has 2 aromatic rings. The molecule has 2 aromatic carbocycles. The lowest BCUT2D eigenvalue weighted by atomic mass is 10.0. The molecule has 0 saturated heterocycles. The van der Waals surface area contributed by atoms with Gasteiger partial charge in [0.15, 0.2) is 0 Å². The molecule has 0 spiro atoms. The number of phenols is 1. The van der Waals surface area contributed by atoms with Crippen molar-refractivity contribution in [3.05, 3.63) is 41.5 Å². The molecule has 3 rings (SSSR count). The molecule has 0 amide bonds. The lowest BCUT2D eigenvalue weighted by molar-refractivity contribution is -0.344. The van der Waals surface area contributed by atoms with Crippen molar-refractivity contribution in [2.24, 2.45) is 0 Å². The van der Waals surface area contributed by atoms with Crippen LogP contribution in [0.5, 0.6) is 5.75 Å². The van der Waals surface area contributed by atoms with E-state index in [1.165, 1.54) is 0 Å². The Balaban J connectivity index is 2.11. The van der Waals surface area contributed by atoms with Crippen molar-refractivity contribution >= 4 is 10.8 Å². The van der Waals surface area contributed by atoms with Gasteiger partial charge in [-0.05, 0) is 29.9 Å². The van der Waals surface area contributed by atoms with Crippen molar-refractivity contribution < 1.29 is 23.0 Å². The maximum Gasteiger partial charge on any atom is 0.523 e. The van der Waals surface area contributed by atoms with E-state index >= 15 is 0 Å². The number of phenolic OH excluding ortho intramolecular Hbond substituents is 1. The molecule has 100 valence electrons. The molecule has 1 aliphatic rings. The van der Waals surface area contributed by atoms with Crippen LogP contribution in [0.4, 0.5) is 13.2 Å². The van der Waals surface area contributed by atoms with Crippen molar-refractivity contribution in [2.75, 3.05) is 0 Å². The molecule has 19 heavy (non-hydrogen) atoms. The van der Waals surface area contributed by atoms with Gasteiger partial charge in [0.2, 0.25) is 0 Å². The van der Waals surface area contributed by atoms with Gasteiger partial charge >= 0.3 is 6.36 Å². The number of aromatic hydroxyl groups is 1. The summed E-state index contributed by atoms with van der Waals surface area (Å²) in [6, 6.07) is 8.75. The topological polar surface area (TPSA) is 29.5 Å². The SMILES string of the molecule is Oc1c2c(cc3ccccc13)C(OC(F)(F)F)CC2. The number of halogens is 3. The molecule has 0 fully saturated rings. The van der Waals surface area contributed by atoms with E-state index in [0.29, 0.717) is 22.9 Å². The van der Waals surface area contributed by atoms with E-state index in [0.717, 1.165) is 5.39 Å². The summed E-state index contributed by atoms with van der Waals surface area (Å²) in [5.74, 6) is 0.0707. The highest BCUT2D eigenvalue weighted by atomic mass is 19.4. The highest BCUT2D eigenvalue weighted by molar-refractivity contribution is 5.90. The lowest BCUT2D eigenvalue weighted by Gasteiger charge is -2.16. The zero-order valence-electron chi connectivity index (χ0n) is 9.87. The molecule has 5 heteroatoms. The molecule has 0 aromatic heterocycles. The molecule has 1 atom stereocenters. The van der Waals surface area contributed by atoms with Crippen LogP contribution in [0.25, 0.3) is 10.8 Å². The van der Waals surface area contributed by atoms with E-state index in [4.69, 9.17) is 0 Å². The summed E-state index contributed by atoms with van der Waals surface area (Å²) in [5, 5.41) is 11.5. The van der Waals surface area contributed by atoms with Gasteiger partial charge in [-0.15, -0.1) is 13.2 Å².